The van der Waals surface area contributed by atoms with Crippen LogP contribution < -0.4 is 5.32 Å². The summed E-state index contributed by atoms with van der Waals surface area (Å²) >= 11 is 13.1. The standard InChI is InChI=1S/C20H17Cl2F5N2O/c21-16(18(8-9-18)17(23)24)19(22,11-29-15(30)12-4-2-1-3-5-12)13-6-7-14(28-10-13)20(25,26)27/h1-7,10,16-17H,8-9,11H2,(H,29,30). The molecule has 1 saturated carbocycles. The Morgan fingerprint density at radius 1 is 1.13 bits per heavy atom. The minimum atomic E-state index is -4.67. The highest BCUT2D eigenvalue weighted by molar-refractivity contribution is 6.33. The second-order valence-corrected chi connectivity index (χ2v) is 8.35. The number of hydrogen-bond donors (Lipinski definition) is 1. The lowest BCUT2D eigenvalue weighted by atomic mass is 9.85. The van der Waals surface area contributed by atoms with Crippen molar-refractivity contribution in [3.63, 3.8) is 0 Å². The molecule has 2 aromatic rings. The molecule has 162 valence electrons. The van der Waals surface area contributed by atoms with Crippen LogP contribution in [0.15, 0.2) is 48.7 Å². The molecule has 1 fully saturated rings. The molecule has 1 heterocycles. The molecule has 2 atom stereocenters. The first-order valence-electron chi connectivity index (χ1n) is 8.99. The number of halogens is 7. The van der Waals surface area contributed by atoms with E-state index in [9.17, 15) is 26.7 Å². The van der Waals surface area contributed by atoms with Gasteiger partial charge in [-0.05, 0) is 36.6 Å². The van der Waals surface area contributed by atoms with Crippen molar-refractivity contribution < 1.29 is 26.7 Å². The van der Waals surface area contributed by atoms with Crippen molar-refractivity contribution in [2.45, 2.75) is 35.7 Å². The first-order chi connectivity index (χ1) is 14.0. The van der Waals surface area contributed by atoms with Crippen LogP contribution in [0.25, 0.3) is 0 Å². The summed E-state index contributed by atoms with van der Waals surface area (Å²) in [6.45, 7) is -0.377. The lowest BCUT2D eigenvalue weighted by Crippen LogP contribution is -2.48. The average Bonchev–Trinajstić information content (AvgIpc) is 3.53. The largest absolute Gasteiger partial charge is 0.433 e. The van der Waals surface area contributed by atoms with Crippen molar-refractivity contribution >= 4 is 29.1 Å². The van der Waals surface area contributed by atoms with Gasteiger partial charge in [0.15, 0.2) is 0 Å². The summed E-state index contributed by atoms with van der Waals surface area (Å²) in [7, 11) is 0. The molecule has 1 aromatic heterocycles. The number of rotatable bonds is 7. The Bertz CT molecular complexity index is 888. The molecule has 0 bridgehead atoms. The first kappa shape index (κ1) is 22.7. The van der Waals surface area contributed by atoms with E-state index in [-0.39, 0.29) is 24.9 Å². The van der Waals surface area contributed by atoms with Crippen LogP contribution in [0.2, 0.25) is 0 Å². The number of nitrogens with one attached hydrogen (secondary N) is 1. The molecular weight excluding hydrogens is 450 g/mol. The van der Waals surface area contributed by atoms with Crippen LogP contribution in [-0.2, 0) is 11.1 Å². The molecule has 30 heavy (non-hydrogen) atoms. The molecule has 1 aromatic carbocycles. The van der Waals surface area contributed by atoms with Crippen LogP contribution >= 0.6 is 23.2 Å². The molecule has 1 amide bonds. The fourth-order valence-electron chi connectivity index (χ4n) is 3.23. The average molecular weight is 467 g/mol. The number of nitrogens with zero attached hydrogens (tertiary/aromatic N) is 1. The van der Waals surface area contributed by atoms with Gasteiger partial charge in [-0.1, -0.05) is 24.3 Å². The van der Waals surface area contributed by atoms with Crippen molar-refractivity contribution in [2.75, 3.05) is 6.54 Å². The summed E-state index contributed by atoms with van der Waals surface area (Å²) in [5.74, 6) is -0.522. The highest BCUT2D eigenvalue weighted by Crippen LogP contribution is 2.61. The van der Waals surface area contributed by atoms with Gasteiger partial charge >= 0.3 is 6.18 Å². The molecule has 1 aliphatic carbocycles. The molecule has 1 aliphatic rings. The number of aromatic nitrogens is 1. The van der Waals surface area contributed by atoms with Gasteiger partial charge in [-0.25, -0.2) is 8.78 Å². The zero-order chi connectivity index (χ0) is 22.2. The molecule has 0 radical (unpaired) electrons. The van der Waals surface area contributed by atoms with Gasteiger partial charge in [0.2, 0.25) is 6.43 Å². The van der Waals surface area contributed by atoms with Crippen molar-refractivity contribution in [2.24, 2.45) is 5.41 Å². The number of hydrogen-bond acceptors (Lipinski definition) is 2. The number of pyridine rings is 1. The van der Waals surface area contributed by atoms with E-state index in [0.29, 0.717) is 11.6 Å². The van der Waals surface area contributed by atoms with E-state index in [1.165, 1.54) is 0 Å². The molecule has 0 aliphatic heterocycles. The summed E-state index contributed by atoms with van der Waals surface area (Å²) < 4.78 is 65.9. The van der Waals surface area contributed by atoms with Crippen molar-refractivity contribution in [1.82, 2.24) is 10.3 Å². The second-order valence-electron chi connectivity index (χ2n) is 7.24. The Balaban J connectivity index is 1.91. The summed E-state index contributed by atoms with van der Waals surface area (Å²) in [6, 6.07) is 9.84. The summed E-state index contributed by atoms with van der Waals surface area (Å²) in [5, 5.41) is 1.19. The van der Waals surface area contributed by atoms with Gasteiger partial charge in [-0.15, -0.1) is 23.2 Å². The summed E-state index contributed by atoms with van der Waals surface area (Å²) in [6.07, 6.45) is -6.34. The molecular formula is C20H17Cl2F5N2O. The van der Waals surface area contributed by atoms with E-state index < -0.39 is 39.9 Å². The molecule has 0 saturated heterocycles. The van der Waals surface area contributed by atoms with Gasteiger partial charge in [0.25, 0.3) is 5.91 Å². The van der Waals surface area contributed by atoms with E-state index >= 15 is 0 Å². The smallest absolute Gasteiger partial charge is 0.350 e. The van der Waals surface area contributed by atoms with Crippen LogP contribution in [0.1, 0.15) is 34.5 Å². The molecule has 1 N–H and O–H groups in total. The molecule has 2 unspecified atom stereocenters. The van der Waals surface area contributed by atoms with Crippen LogP contribution in [-0.4, -0.2) is 29.2 Å². The van der Waals surface area contributed by atoms with Crippen molar-refractivity contribution in [3.8, 4) is 0 Å². The quantitative estimate of drug-likeness (QED) is 0.425. The van der Waals surface area contributed by atoms with E-state index in [4.69, 9.17) is 23.2 Å². The Labute approximate surface area is 179 Å². The fraction of sp³-hybridized carbons (Fsp3) is 0.400. The van der Waals surface area contributed by atoms with Crippen LogP contribution in [0.5, 0.6) is 0 Å². The van der Waals surface area contributed by atoms with E-state index in [0.717, 1.165) is 12.3 Å². The van der Waals surface area contributed by atoms with Crippen molar-refractivity contribution in [1.29, 1.82) is 0 Å². The van der Waals surface area contributed by atoms with Crippen LogP contribution in [0.4, 0.5) is 22.0 Å². The van der Waals surface area contributed by atoms with Crippen LogP contribution in [0.3, 0.4) is 0 Å². The zero-order valence-electron chi connectivity index (χ0n) is 15.4. The van der Waals surface area contributed by atoms with Gasteiger partial charge in [-0.3, -0.25) is 9.78 Å². The minimum absolute atomic E-state index is 0.0115. The Hall–Kier alpha value is -1.93. The SMILES string of the molecule is O=C(NCC(Cl)(c1ccc(C(F)(F)F)nc1)C(Cl)C1(C(F)F)CC1)c1ccccc1. The lowest BCUT2D eigenvalue weighted by molar-refractivity contribution is -0.141. The number of carbonyl (C=O) groups excluding carboxylic acids is 1. The van der Waals surface area contributed by atoms with Gasteiger partial charge in [-0.2, -0.15) is 13.2 Å². The Morgan fingerprint density at radius 3 is 2.23 bits per heavy atom. The third kappa shape index (κ3) is 4.39. The predicted molar refractivity (Wildman–Crippen MR) is 103 cm³/mol. The summed E-state index contributed by atoms with van der Waals surface area (Å²) in [4.78, 5) is 14.0. The predicted octanol–water partition coefficient (Wildman–Crippen LogP) is 5.62. The van der Waals surface area contributed by atoms with Gasteiger partial charge in [0, 0.05) is 23.7 Å². The van der Waals surface area contributed by atoms with Gasteiger partial charge in [0.05, 0.1) is 5.38 Å². The van der Waals surface area contributed by atoms with E-state index in [1.54, 1.807) is 30.3 Å². The molecule has 10 heteroatoms. The van der Waals surface area contributed by atoms with E-state index in [2.05, 4.69) is 10.3 Å². The molecule has 0 spiro atoms. The normalized spacial score (nSPS) is 18.5. The maximum Gasteiger partial charge on any atom is 0.433 e. The highest BCUT2D eigenvalue weighted by Gasteiger charge is 2.62. The minimum Gasteiger partial charge on any atom is -0.350 e. The topological polar surface area (TPSA) is 42.0 Å². The maximum atomic E-state index is 13.7. The second kappa shape index (κ2) is 8.30. The Kier molecular flexibility index (Phi) is 6.30. The summed E-state index contributed by atoms with van der Waals surface area (Å²) in [5.41, 5.74) is -2.41. The highest BCUT2D eigenvalue weighted by atomic mass is 35.5. The fourth-order valence-corrected chi connectivity index (χ4v) is 4.14. The number of alkyl halides is 7. The lowest BCUT2D eigenvalue weighted by Gasteiger charge is -2.37. The van der Waals surface area contributed by atoms with Crippen molar-refractivity contribution in [3.05, 3.63) is 65.5 Å². The van der Waals surface area contributed by atoms with Gasteiger partial charge < -0.3 is 5.32 Å². The number of amides is 1. The molecule has 3 nitrogen and oxygen atoms in total. The monoisotopic (exact) mass is 466 g/mol. The number of benzene rings is 1. The Morgan fingerprint density at radius 2 is 1.77 bits per heavy atom. The third-order valence-electron chi connectivity index (χ3n) is 5.24. The van der Waals surface area contributed by atoms with Crippen LogP contribution in [0, 0.1) is 5.41 Å². The molecule has 3 rings (SSSR count). The van der Waals surface area contributed by atoms with Gasteiger partial charge in [0.1, 0.15) is 10.6 Å². The zero-order valence-corrected chi connectivity index (χ0v) is 16.9. The third-order valence-corrected chi connectivity index (χ3v) is 6.73. The maximum absolute atomic E-state index is 13.7. The first-order valence-corrected chi connectivity index (χ1v) is 9.80. The number of carbonyl (C=O) groups is 1. The van der Waals surface area contributed by atoms with E-state index in [1.807, 2.05) is 0 Å².